The summed E-state index contributed by atoms with van der Waals surface area (Å²) in [5.41, 5.74) is 12.1. The van der Waals surface area contributed by atoms with Gasteiger partial charge >= 0.3 is 0 Å². The minimum atomic E-state index is 0.200. The van der Waals surface area contributed by atoms with Crippen molar-refractivity contribution >= 4 is 17.3 Å². The summed E-state index contributed by atoms with van der Waals surface area (Å²) in [5.74, 6) is 0.364. The van der Waals surface area contributed by atoms with E-state index in [4.69, 9.17) is 0 Å². The lowest BCUT2D eigenvalue weighted by Gasteiger charge is -2.50. The fraction of sp³-hybridized carbons (Fsp3) is 0.176. The Balaban J connectivity index is 1.43. The number of benzene rings is 3. The number of rotatable bonds is 2. The fourth-order valence-electron chi connectivity index (χ4n) is 6.53. The van der Waals surface area contributed by atoms with Crippen LogP contribution in [0.4, 0.5) is 0 Å². The van der Waals surface area contributed by atoms with Gasteiger partial charge in [0.1, 0.15) is 0 Å². The van der Waals surface area contributed by atoms with Crippen LogP contribution in [-0.4, -0.2) is 22.4 Å². The lowest BCUT2D eigenvalue weighted by molar-refractivity contribution is 0.243. The molecule has 0 aliphatic carbocycles. The molecule has 4 aliphatic heterocycles. The van der Waals surface area contributed by atoms with Crippen molar-refractivity contribution in [2.24, 2.45) is 0 Å². The summed E-state index contributed by atoms with van der Waals surface area (Å²) in [7, 11) is 0. The van der Waals surface area contributed by atoms with E-state index in [1.165, 1.54) is 50.4 Å². The van der Waals surface area contributed by atoms with E-state index in [-0.39, 0.29) is 12.1 Å². The second-order valence-corrected chi connectivity index (χ2v) is 10.3. The van der Waals surface area contributed by atoms with Crippen molar-refractivity contribution in [2.45, 2.75) is 31.8 Å². The molecular weight excluding hydrogens is 436 g/mol. The zero-order valence-corrected chi connectivity index (χ0v) is 20.8. The molecule has 0 spiro atoms. The minimum absolute atomic E-state index is 0.200. The van der Waals surface area contributed by atoms with Crippen LogP contribution in [0.25, 0.3) is 17.3 Å². The molecule has 0 fully saturated rings. The quantitative estimate of drug-likeness (QED) is 0.380. The number of hydrogen-bond donors (Lipinski definition) is 0. The summed E-state index contributed by atoms with van der Waals surface area (Å²) in [6, 6.07) is 29.1. The summed E-state index contributed by atoms with van der Waals surface area (Å²) < 4.78 is 0. The first-order chi connectivity index (χ1) is 17.7. The second kappa shape index (κ2) is 8.27. The summed E-state index contributed by atoms with van der Waals surface area (Å²) >= 11 is 0. The van der Waals surface area contributed by atoms with Crippen LogP contribution in [-0.2, 0) is 0 Å². The van der Waals surface area contributed by atoms with E-state index >= 15 is 0 Å². The third-order valence-corrected chi connectivity index (χ3v) is 8.24. The maximum absolute atomic E-state index is 2.62. The normalized spacial score (nSPS) is 23.9. The van der Waals surface area contributed by atoms with Gasteiger partial charge in [-0.05, 0) is 46.9 Å². The maximum Gasteiger partial charge on any atom is 0.0779 e. The van der Waals surface area contributed by atoms with Crippen LogP contribution in [0.2, 0.25) is 0 Å². The van der Waals surface area contributed by atoms with Crippen LogP contribution in [0.5, 0.6) is 0 Å². The predicted molar refractivity (Wildman–Crippen MR) is 150 cm³/mol. The highest BCUT2D eigenvalue weighted by atomic mass is 15.3. The molecule has 0 N–H and O–H groups in total. The summed E-state index contributed by atoms with van der Waals surface area (Å²) in [5, 5.41) is 0. The van der Waals surface area contributed by atoms with E-state index in [0.29, 0.717) is 5.92 Å². The van der Waals surface area contributed by atoms with Crippen molar-refractivity contribution in [2.75, 3.05) is 6.54 Å². The molecule has 3 atom stereocenters. The molecule has 3 aromatic rings. The van der Waals surface area contributed by atoms with Gasteiger partial charge in [0, 0.05) is 41.2 Å². The molecule has 2 heteroatoms. The van der Waals surface area contributed by atoms with Crippen molar-refractivity contribution in [3.05, 3.63) is 148 Å². The van der Waals surface area contributed by atoms with Crippen LogP contribution >= 0.6 is 0 Å². The Bertz CT molecular complexity index is 1500. The molecule has 0 saturated carbocycles. The number of nitrogens with zero attached hydrogens (tertiary/aromatic N) is 2. The largest absolute Gasteiger partial charge is 0.358 e. The Morgan fingerprint density at radius 3 is 2.44 bits per heavy atom. The molecule has 7 rings (SSSR count). The van der Waals surface area contributed by atoms with E-state index in [1.807, 2.05) is 0 Å². The molecule has 0 amide bonds. The summed E-state index contributed by atoms with van der Waals surface area (Å²) in [6.45, 7) is 5.59. The Morgan fingerprint density at radius 1 is 0.833 bits per heavy atom. The Morgan fingerprint density at radius 2 is 1.58 bits per heavy atom. The van der Waals surface area contributed by atoms with Crippen molar-refractivity contribution in [3.8, 4) is 0 Å². The average Bonchev–Trinajstić information content (AvgIpc) is 2.93. The first-order valence-corrected chi connectivity index (χ1v) is 13.0. The Hall–Kier alpha value is -4.04. The highest BCUT2D eigenvalue weighted by Crippen LogP contribution is 2.49. The average molecular weight is 467 g/mol. The van der Waals surface area contributed by atoms with E-state index in [2.05, 4.69) is 139 Å². The number of fused-ring (bicyclic) bond motifs is 6. The molecule has 0 saturated heterocycles. The fourth-order valence-corrected chi connectivity index (χ4v) is 6.53. The first kappa shape index (κ1) is 21.3. The standard InChI is InChI=1S/C34H30N2/c1-23-20-32-28-16-7-6-14-26(28)21-33(36(32)22-30(23)25-12-4-3-5-13-25)34-24(2)27-15-8-9-17-29(27)31-18-10-11-19-35(31)34/h3-18,20-22,24,32,34H,19H2,1-2H3. The predicted octanol–water partition coefficient (Wildman–Crippen LogP) is 7.78. The van der Waals surface area contributed by atoms with Gasteiger partial charge < -0.3 is 9.80 Å². The van der Waals surface area contributed by atoms with Gasteiger partial charge in [0.2, 0.25) is 0 Å². The van der Waals surface area contributed by atoms with Crippen LogP contribution in [0.1, 0.15) is 53.6 Å². The van der Waals surface area contributed by atoms with Crippen LogP contribution in [0, 0.1) is 0 Å². The van der Waals surface area contributed by atoms with E-state index in [0.717, 1.165) is 6.54 Å². The van der Waals surface area contributed by atoms with Gasteiger partial charge in [-0.15, -0.1) is 0 Å². The monoisotopic (exact) mass is 466 g/mol. The summed E-state index contributed by atoms with van der Waals surface area (Å²) in [6.07, 6.45) is 14.1. The molecule has 3 unspecified atom stereocenters. The third kappa shape index (κ3) is 3.18. The van der Waals surface area contributed by atoms with E-state index in [1.54, 1.807) is 0 Å². The molecule has 4 heterocycles. The van der Waals surface area contributed by atoms with Crippen LogP contribution in [0.3, 0.4) is 0 Å². The molecule has 4 aliphatic rings. The van der Waals surface area contributed by atoms with Crippen molar-refractivity contribution < 1.29 is 0 Å². The van der Waals surface area contributed by atoms with Gasteiger partial charge in [-0.3, -0.25) is 0 Å². The third-order valence-electron chi connectivity index (χ3n) is 8.24. The molecular formula is C34H30N2. The van der Waals surface area contributed by atoms with Gasteiger partial charge in [0.15, 0.2) is 0 Å². The Kier molecular flexibility index (Phi) is 4.89. The highest BCUT2D eigenvalue weighted by Gasteiger charge is 2.42. The zero-order valence-electron chi connectivity index (χ0n) is 20.8. The molecule has 0 aromatic heterocycles. The molecule has 0 radical (unpaired) electrons. The van der Waals surface area contributed by atoms with Gasteiger partial charge in [-0.25, -0.2) is 0 Å². The summed E-state index contributed by atoms with van der Waals surface area (Å²) in [4.78, 5) is 5.17. The maximum atomic E-state index is 2.62. The van der Waals surface area contributed by atoms with Gasteiger partial charge in [0.05, 0.1) is 12.1 Å². The topological polar surface area (TPSA) is 6.48 Å². The van der Waals surface area contributed by atoms with Crippen LogP contribution in [0.15, 0.2) is 121 Å². The highest BCUT2D eigenvalue weighted by molar-refractivity contribution is 5.81. The molecule has 2 nitrogen and oxygen atoms in total. The van der Waals surface area contributed by atoms with E-state index in [9.17, 15) is 0 Å². The first-order valence-electron chi connectivity index (χ1n) is 13.0. The van der Waals surface area contributed by atoms with Gasteiger partial charge in [-0.2, -0.15) is 0 Å². The molecule has 0 bridgehead atoms. The van der Waals surface area contributed by atoms with Crippen molar-refractivity contribution in [1.29, 1.82) is 0 Å². The molecule has 176 valence electrons. The van der Waals surface area contributed by atoms with E-state index < -0.39 is 0 Å². The van der Waals surface area contributed by atoms with Crippen LogP contribution < -0.4 is 0 Å². The second-order valence-electron chi connectivity index (χ2n) is 10.3. The zero-order chi connectivity index (χ0) is 24.2. The lowest BCUT2D eigenvalue weighted by atomic mass is 9.78. The Labute approximate surface area is 213 Å². The number of hydrogen-bond acceptors (Lipinski definition) is 2. The van der Waals surface area contributed by atoms with Gasteiger partial charge in [-0.1, -0.05) is 104 Å². The van der Waals surface area contributed by atoms with Gasteiger partial charge in [0.25, 0.3) is 0 Å². The lowest BCUT2D eigenvalue weighted by Crippen LogP contribution is -2.48. The van der Waals surface area contributed by atoms with Crippen molar-refractivity contribution in [3.63, 3.8) is 0 Å². The minimum Gasteiger partial charge on any atom is -0.358 e. The number of allylic oxidation sites excluding steroid dienone is 4. The molecule has 3 aromatic carbocycles. The van der Waals surface area contributed by atoms with Crippen molar-refractivity contribution in [1.82, 2.24) is 9.80 Å². The SMILES string of the molecule is CC1=CC2c3ccccc3C=C(C3C(C)c4ccccc4C4=CC=CCN43)N2C=C1c1ccccc1. The smallest absolute Gasteiger partial charge is 0.0779 e. The molecule has 36 heavy (non-hydrogen) atoms.